The van der Waals surface area contributed by atoms with E-state index in [1.54, 1.807) is 7.11 Å². The summed E-state index contributed by atoms with van der Waals surface area (Å²) in [5, 5.41) is 3.16. The Morgan fingerprint density at radius 1 is 1.11 bits per heavy atom. The Hall–Kier alpha value is -3.15. The first kappa shape index (κ1) is 26.5. The molecule has 0 unspecified atom stereocenters. The van der Waals surface area contributed by atoms with Gasteiger partial charge >= 0.3 is 0 Å². The Kier molecular flexibility index (Phi) is 9.47. The molecule has 0 radical (unpaired) electrons. The molecule has 1 fully saturated rings. The van der Waals surface area contributed by atoms with Crippen molar-refractivity contribution in [1.82, 2.24) is 10.2 Å². The van der Waals surface area contributed by atoms with Gasteiger partial charge in [0.1, 0.15) is 11.5 Å². The second kappa shape index (κ2) is 12.5. The van der Waals surface area contributed by atoms with Crippen molar-refractivity contribution in [3.05, 3.63) is 65.5 Å². The molecule has 0 bridgehead atoms. The molecule has 1 saturated carbocycles. The molecule has 2 aromatic rings. The van der Waals surface area contributed by atoms with E-state index in [0.29, 0.717) is 11.5 Å². The molecule has 1 N–H and O–H groups in total. The van der Waals surface area contributed by atoms with Crippen LogP contribution in [-0.2, 0) is 0 Å². The summed E-state index contributed by atoms with van der Waals surface area (Å²) in [6.07, 6.45) is 6.68. The van der Waals surface area contributed by atoms with Crippen LogP contribution in [0.25, 0.3) is 0 Å². The molecule has 6 heteroatoms. The first-order chi connectivity index (χ1) is 17.0. The van der Waals surface area contributed by atoms with E-state index in [1.807, 2.05) is 58.0 Å². The van der Waals surface area contributed by atoms with Crippen LogP contribution >= 0.6 is 0 Å². The smallest absolute Gasteiger partial charge is 0.252 e. The number of aryl methyl sites for hydroxylation is 1. The number of methoxy groups -OCH3 is 1. The van der Waals surface area contributed by atoms with Crippen LogP contribution in [0.3, 0.4) is 0 Å². The molecule has 1 atom stereocenters. The summed E-state index contributed by atoms with van der Waals surface area (Å²) in [4.78, 5) is 17.7. The van der Waals surface area contributed by atoms with Gasteiger partial charge in [-0.1, -0.05) is 19.9 Å². The predicted molar refractivity (Wildman–Crippen MR) is 145 cm³/mol. The van der Waals surface area contributed by atoms with Crippen molar-refractivity contribution in [3.63, 3.8) is 0 Å². The largest absolute Gasteiger partial charge is 0.497 e. The van der Waals surface area contributed by atoms with Crippen molar-refractivity contribution in [2.45, 2.75) is 53.5 Å². The number of carbonyl (C=O) groups is 1. The van der Waals surface area contributed by atoms with Gasteiger partial charge in [0.25, 0.3) is 5.91 Å². The van der Waals surface area contributed by atoms with Crippen LogP contribution in [0, 0.1) is 12.8 Å². The van der Waals surface area contributed by atoms with E-state index in [-0.39, 0.29) is 13.4 Å². The zero-order valence-electron chi connectivity index (χ0n) is 22.1. The van der Waals surface area contributed by atoms with E-state index in [4.69, 9.17) is 9.47 Å². The Morgan fingerprint density at radius 2 is 1.86 bits per heavy atom. The van der Waals surface area contributed by atoms with Crippen LogP contribution < -0.4 is 19.7 Å². The number of amides is 1. The van der Waals surface area contributed by atoms with Crippen LogP contribution in [0.1, 0.15) is 69.5 Å². The number of nitrogens with zero attached hydrogens (tertiary/aromatic N) is 2. The van der Waals surface area contributed by atoms with Gasteiger partial charge in [-0.2, -0.15) is 0 Å². The van der Waals surface area contributed by atoms with E-state index < -0.39 is 0 Å². The molecular weight excluding hydrogens is 438 g/mol. The molecule has 1 amide bonds. The number of hydrogen-bond acceptors (Lipinski definition) is 5. The molecule has 2 aliphatic rings. The molecule has 35 heavy (non-hydrogen) atoms. The molecule has 1 heterocycles. The molecule has 0 saturated heterocycles. The molecule has 6 nitrogen and oxygen atoms in total. The highest BCUT2D eigenvalue weighted by molar-refractivity contribution is 5.97. The fourth-order valence-electron chi connectivity index (χ4n) is 3.97. The Labute approximate surface area is 212 Å². The minimum absolute atomic E-state index is 0. The van der Waals surface area contributed by atoms with Crippen molar-refractivity contribution in [2.24, 2.45) is 5.92 Å². The summed E-state index contributed by atoms with van der Waals surface area (Å²) in [5.41, 5.74) is 3.64. The van der Waals surface area contributed by atoms with Gasteiger partial charge in [-0.05, 0) is 74.9 Å². The van der Waals surface area contributed by atoms with Gasteiger partial charge in [-0.25, -0.2) is 0 Å². The van der Waals surface area contributed by atoms with Gasteiger partial charge in [0.05, 0.1) is 19.8 Å². The molecule has 4 rings (SSSR count). The third kappa shape index (κ3) is 7.17. The van der Waals surface area contributed by atoms with Gasteiger partial charge in [0.15, 0.2) is 0 Å². The standard InChI is InChI=1S/C27H35N3O3.C2H6.H2/c1-5-29-10-12-30(13-11-29)23-9-6-19(2)26(16-23)27(31)28-20(3)22-14-24(32-4)17-25(15-22)33-18-21-7-8-21;1-2;/h6,9-10,12,14-17,20-21H,5,7-8,11,13,18H2,1-4H3,(H,28,31);1-2H3;1H/t20-;;/m1../s1. The summed E-state index contributed by atoms with van der Waals surface area (Å²) in [5.74, 6) is 2.11. The van der Waals surface area contributed by atoms with Crippen molar-refractivity contribution in [3.8, 4) is 11.5 Å². The van der Waals surface area contributed by atoms with Crippen molar-refractivity contribution >= 4 is 11.6 Å². The summed E-state index contributed by atoms with van der Waals surface area (Å²) in [7, 11) is 1.65. The van der Waals surface area contributed by atoms with Crippen molar-refractivity contribution in [1.29, 1.82) is 0 Å². The zero-order chi connectivity index (χ0) is 25.4. The van der Waals surface area contributed by atoms with Crippen LogP contribution in [0.5, 0.6) is 11.5 Å². The number of ether oxygens (including phenoxy) is 2. The zero-order valence-corrected chi connectivity index (χ0v) is 22.1. The summed E-state index contributed by atoms with van der Waals surface area (Å²) < 4.78 is 11.4. The fourth-order valence-corrected chi connectivity index (χ4v) is 3.97. The van der Waals surface area contributed by atoms with Gasteiger partial charge in [0.2, 0.25) is 0 Å². The van der Waals surface area contributed by atoms with Crippen LogP contribution in [-0.4, -0.2) is 44.2 Å². The number of rotatable bonds is 9. The van der Waals surface area contributed by atoms with Crippen molar-refractivity contribution < 1.29 is 15.7 Å². The average molecular weight is 482 g/mol. The molecular formula is C29H43N3O3. The molecule has 0 aromatic heterocycles. The number of hydrogen-bond donors (Lipinski definition) is 1. The number of likely N-dealkylation sites (N-methyl/N-ethyl adjacent to an activating group) is 1. The minimum Gasteiger partial charge on any atom is -0.497 e. The van der Waals surface area contributed by atoms with E-state index in [9.17, 15) is 4.79 Å². The number of benzene rings is 2. The van der Waals surface area contributed by atoms with Gasteiger partial charge in [-0.15, -0.1) is 0 Å². The Balaban J connectivity index is 0.00000148. The highest BCUT2D eigenvalue weighted by Crippen LogP contribution is 2.32. The normalized spacial score (nSPS) is 15.7. The lowest BCUT2D eigenvalue weighted by atomic mass is 10.0. The van der Waals surface area contributed by atoms with Gasteiger partial charge in [-0.3, -0.25) is 4.79 Å². The van der Waals surface area contributed by atoms with Crippen LogP contribution in [0.15, 0.2) is 48.8 Å². The maximum Gasteiger partial charge on any atom is 0.252 e. The lowest BCUT2D eigenvalue weighted by Crippen LogP contribution is -2.34. The number of anilines is 1. The maximum absolute atomic E-state index is 13.2. The molecule has 2 aromatic carbocycles. The van der Waals surface area contributed by atoms with E-state index >= 15 is 0 Å². The van der Waals surface area contributed by atoms with Gasteiger partial charge < -0.3 is 24.6 Å². The summed E-state index contributed by atoms with van der Waals surface area (Å²) >= 11 is 0. The number of nitrogens with one attached hydrogen (secondary N) is 1. The Bertz CT molecular complexity index is 1020. The topological polar surface area (TPSA) is 54.0 Å². The maximum atomic E-state index is 13.2. The SMILES string of the molecule is CC.CCN1C=CN(c2ccc(C)c(C(=O)N[C@H](C)c3cc(OC)cc(OCC4CC4)c3)c2)CC1.[HH]. The summed E-state index contributed by atoms with van der Waals surface area (Å²) in [6.45, 7) is 13.7. The predicted octanol–water partition coefficient (Wildman–Crippen LogP) is 6.17. The van der Waals surface area contributed by atoms with Gasteiger partial charge in [0, 0.05) is 50.8 Å². The second-order valence-electron chi connectivity index (χ2n) is 9.01. The monoisotopic (exact) mass is 481 g/mol. The number of carbonyl (C=O) groups excluding carboxylic acids is 1. The minimum atomic E-state index is -0.188. The molecule has 1 aliphatic carbocycles. The first-order valence-corrected chi connectivity index (χ1v) is 12.9. The van der Waals surface area contributed by atoms with Crippen LogP contribution in [0.2, 0.25) is 0 Å². The Morgan fingerprint density at radius 3 is 2.49 bits per heavy atom. The third-order valence-corrected chi connectivity index (χ3v) is 6.46. The fraction of sp³-hybridized carbons (Fsp3) is 0.483. The quantitative estimate of drug-likeness (QED) is 0.464. The van der Waals surface area contributed by atoms with Crippen LogP contribution in [0.4, 0.5) is 5.69 Å². The van der Waals surface area contributed by atoms with Crippen molar-refractivity contribution in [2.75, 3.05) is 38.3 Å². The second-order valence-corrected chi connectivity index (χ2v) is 9.01. The summed E-state index contributed by atoms with van der Waals surface area (Å²) in [6, 6.07) is 11.7. The first-order valence-electron chi connectivity index (χ1n) is 12.9. The van der Waals surface area contributed by atoms with E-state index in [2.05, 4.69) is 40.5 Å². The van der Waals surface area contributed by atoms with E-state index in [1.165, 1.54) is 12.8 Å². The third-order valence-electron chi connectivity index (χ3n) is 6.46. The molecule has 192 valence electrons. The lowest BCUT2D eigenvalue weighted by molar-refractivity contribution is 0.0939. The molecule has 0 spiro atoms. The highest BCUT2D eigenvalue weighted by Gasteiger charge is 2.22. The highest BCUT2D eigenvalue weighted by atomic mass is 16.5. The average Bonchev–Trinajstić information content (AvgIpc) is 3.73. The molecule has 1 aliphatic heterocycles. The van der Waals surface area contributed by atoms with E-state index in [0.717, 1.165) is 54.6 Å². The lowest BCUT2D eigenvalue weighted by Gasteiger charge is -2.31.